The molecule has 0 heterocycles. The van der Waals surface area contributed by atoms with E-state index in [1.807, 2.05) is 13.0 Å². The van der Waals surface area contributed by atoms with E-state index in [9.17, 15) is 4.39 Å². The molecule has 1 N–H and O–H groups in total. The van der Waals surface area contributed by atoms with Crippen molar-refractivity contribution < 1.29 is 9.13 Å². The van der Waals surface area contributed by atoms with Crippen LogP contribution >= 0.6 is 23.2 Å². The summed E-state index contributed by atoms with van der Waals surface area (Å²) >= 11 is 12.1. The molecule has 21 heavy (non-hydrogen) atoms. The van der Waals surface area contributed by atoms with Crippen LogP contribution in [0, 0.1) is 5.82 Å². The second kappa shape index (κ2) is 7.01. The zero-order valence-corrected chi connectivity index (χ0v) is 13.3. The van der Waals surface area contributed by atoms with Crippen molar-refractivity contribution in [1.29, 1.82) is 0 Å². The van der Waals surface area contributed by atoms with Crippen LogP contribution in [0.15, 0.2) is 36.4 Å². The molecule has 0 amide bonds. The first-order valence-electron chi connectivity index (χ1n) is 6.60. The molecule has 1 atom stereocenters. The van der Waals surface area contributed by atoms with Crippen LogP contribution in [0.2, 0.25) is 10.0 Å². The summed E-state index contributed by atoms with van der Waals surface area (Å²) in [5.41, 5.74) is 1.26. The lowest BCUT2D eigenvalue weighted by Gasteiger charge is -2.21. The predicted molar refractivity (Wildman–Crippen MR) is 86.1 cm³/mol. The Labute approximate surface area is 133 Å². The Bertz CT molecular complexity index is 634. The van der Waals surface area contributed by atoms with Gasteiger partial charge in [-0.25, -0.2) is 4.39 Å². The van der Waals surface area contributed by atoms with Crippen LogP contribution in [0.25, 0.3) is 0 Å². The van der Waals surface area contributed by atoms with Gasteiger partial charge in [0.15, 0.2) is 0 Å². The standard InChI is InChI=1S/C16H16Cl2FNO/c1-3-15(12-6-4-10(17)8-13(12)18)20-16-9-11(21-2)5-7-14(16)19/h4-9,15,20H,3H2,1-2H3. The van der Waals surface area contributed by atoms with Gasteiger partial charge in [0, 0.05) is 16.1 Å². The third-order valence-corrected chi connectivity index (χ3v) is 3.81. The van der Waals surface area contributed by atoms with Crippen molar-refractivity contribution in [2.45, 2.75) is 19.4 Å². The minimum absolute atomic E-state index is 0.114. The summed E-state index contributed by atoms with van der Waals surface area (Å²) < 4.78 is 19.0. The van der Waals surface area contributed by atoms with E-state index in [2.05, 4.69) is 5.32 Å². The van der Waals surface area contributed by atoms with Crippen molar-refractivity contribution in [3.05, 3.63) is 57.8 Å². The molecule has 0 spiro atoms. The maximum Gasteiger partial charge on any atom is 0.146 e. The monoisotopic (exact) mass is 327 g/mol. The third kappa shape index (κ3) is 3.80. The van der Waals surface area contributed by atoms with Crippen LogP contribution in [-0.2, 0) is 0 Å². The molecule has 0 radical (unpaired) electrons. The van der Waals surface area contributed by atoms with Gasteiger partial charge in [0.25, 0.3) is 0 Å². The molecular weight excluding hydrogens is 312 g/mol. The van der Waals surface area contributed by atoms with Crippen LogP contribution in [0.4, 0.5) is 10.1 Å². The number of hydrogen-bond acceptors (Lipinski definition) is 2. The van der Waals surface area contributed by atoms with E-state index in [0.717, 1.165) is 12.0 Å². The molecular formula is C16H16Cl2FNO. The molecule has 0 aliphatic heterocycles. The summed E-state index contributed by atoms with van der Waals surface area (Å²) in [6.07, 6.45) is 0.748. The summed E-state index contributed by atoms with van der Waals surface area (Å²) in [5.74, 6) is 0.260. The van der Waals surface area contributed by atoms with Crippen molar-refractivity contribution in [3.8, 4) is 5.75 Å². The van der Waals surface area contributed by atoms with Gasteiger partial charge in [0.1, 0.15) is 11.6 Å². The van der Waals surface area contributed by atoms with Crippen LogP contribution in [0.3, 0.4) is 0 Å². The van der Waals surface area contributed by atoms with Crippen molar-refractivity contribution in [1.82, 2.24) is 0 Å². The summed E-state index contributed by atoms with van der Waals surface area (Å²) in [7, 11) is 1.55. The molecule has 2 aromatic carbocycles. The molecule has 2 rings (SSSR count). The maximum absolute atomic E-state index is 13.9. The smallest absolute Gasteiger partial charge is 0.146 e. The Hall–Kier alpha value is -1.45. The molecule has 1 unspecified atom stereocenters. The van der Waals surface area contributed by atoms with Gasteiger partial charge < -0.3 is 10.1 Å². The van der Waals surface area contributed by atoms with Crippen LogP contribution in [0.1, 0.15) is 24.9 Å². The Balaban J connectivity index is 2.30. The second-order valence-electron chi connectivity index (χ2n) is 4.62. The normalized spacial score (nSPS) is 12.0. The quantitative estimate of drug-likeness (QED) is 0.760. The van der Waals surface area contributed by atoms with E-state index in [-0.39, 0.29) is 11.9 Å². The Morgan fingerprint density at radius 2 is 1.95 bits per heavy atom. The number of halogens is 3. The van der Waals surface area contributed by atoms with Gasteiger partial charge in [-0.15, -0.1) is 0 Å². The molecule has 0 aliphatic carbocycles. The second-order valence-corrected chi connectivity index (χ2v) is 5.46. The fourth-order valence-corrected chi connectivity index (χ4v) is 2.65. The zero-order valence-electron chi connectivity index (χ0n) is 11.8. The van der Waals surface area contributed by atoms with E-state index in [1.165, 1.54) is 6.07 Å². The summed E-state index contributed by atoms with van der Waals surface area (Å²) in [6.45, 7) is 2.00. The molecule has 0 fully saturated rings. The number of hydrogen-bond donors (Lipinski definition) is 1. The number of ether oxygens (including phenoxy) is 1. The number of nitrogens with one attached hydrogen (secondary N) is 1. The van der Waals surface area contributed by atoms with Crippen LogP contribution in [-0.4, -0.2) is 7.11 Å². The van der Waals surface area contributed by atoms with Crippen LogP contribution in [0.5, 0.6) is 5.75 Å². The fraction of sp³-hybridized carbons (Fsp3) is 0.250. The van der Waals surface area contributed by atoms with E-state index >= 15 is 0 Å². The number of methoxy groups -OCH3 is 1. The van der Waals surface area contributed by atoms with Gasteiger partial charge in [-0.1, -0.05) is 36.2 Å². The molecule has 112 valence electrons. The summed E-state index contributed by atoms with van der Waals surface area (Å²) in [6, 6.07) is 9.77. The topological polar surface area (TPSA) is 21.3 Å². The predicted octanol–water partition coefficient (Wildman–Crippen LogP) is 5.70. The van der Waals surface area contributed by atoms with Crippen LogP contribution < -0.4 is 10.1 Å². The minimum atomic E-state index is -0.334. The first kappa shape index (κ1) is 15.9. The number of anilines is 1. The van der Waals surface area contributed by atoms with E-state index < -0.39 is 0 Å². The highest BCUT2D eigenvalue weighted by Crippen LogP contribution is 2.32. The van der Waals surface area contributed by atoms with E-state index in [0.29, 0.717) is 21.5 Å². The molecule has 0 aromatic heterocycles. The molecule has 2 aromatic rings. The lowest BCUT2D eigenvalue weighted by atomic mass is 10.0. The SMILES string of the molecule is CCC(Nc1cc(OC)ccc1F)c1ccc(Cl)cc1Cl. The summed E-state index contributed by atoms with van der Waals surface area (Å²) in [4.78, 5) is 0. The number of benzene rings is 2. The fourth-order valence-electron chi connectivity index (χ4n) is 2.11. The molecule has 0 bridgehead atoms. The third-order valence-electron chi connectivity index (χ3n) is 3.25. The first-order chi connectivity index (χ1) is 10.0. The summed E-state index contributed by atoms with van der Waals surface area (Å²) in [5, 5.41) is 4.30. The van der Waals surface area contributed by atoms with Crippen molar-refractivity contribution in [2.24, 2.45) is 0 Å². The Morgan fingerprint density at radius 1 is 1.19 bits per heavy atom. The molecule has 0 saturated carbocycles. The van der Waals surface area contributed by atoms with Gasteiger partial charge in [0.2, 0.25) is 0 Å². The zero-order chi connectivity index (χ0) is 15.4. The van der Waals surface area contributed by atoms with E-state index in [4.69, 9.17) is 27.9 Å². The van der Waals surface area contributed by atoms with Gasteiger partial charge >= 0.3 is 0 Å². The largest absolute Gasteiger partial charge is 0.497 e. The Morgan fingerprint density at radius 3 is 2.57 bits per heavy atom. The highest BCUT2D eigenvalue weighted by atomic mass is 35.5. The van der Waals surface area contributed by atoms with Crippen molar-refractivity contribution >= 4 is 28.9 Å². The number of rotatable bonds is 5. The van der Waals surface area contributed by atoms with Gasteiger partial charge in [0.05, 0.1) is 18.8 Å². The van der Waals surface area contributed by atoms with Gasteiger partial charge in [-0.05, 0) is 36.2 Å². The Kier molecular flexibility index (Phi) is 5.32. The van der Waals surface area contributed by atoms with Gasteiger partial charge in [-0.2, -0.15) is 0 Å². The van der Waals surface area contributed by atoms with Gasteiger partial charge in [-0.3, -0.25) is 0 Å². The average molecular weight is 328 g/mol. The molecule has 0 saturated heterocycles. The lowest BCUT2D eigenvalue weighted by Crippen LogP contribution is -2.11. The molecule has 0 aliphatic rings. The lowest BCUT2D eigenvalue weighted by molar-refractivity contribution is 0.414. The maximum atomic E-state index is 13.9. The molecule has 5 heteroatoms. The molecule has 2 nitrogen and oxygen atoms in total. The van der Waals surface area contributed by atoms with Crippen molar-refractivity contribution in [2.75, 3.05) is 12.4 Å². The first-order valence-corrected chi connectivity index (χ1v) is 7.35. The minimum Gasteiger partial charge on any atom is -0.497 e. The van der Waals surface area contributed by atoms with Crippen molar-refractivity contribution in [3.63, 3.8) is 0 Å². The average Bonchev–Trinajstić information content (AvgIpc) is 2.47. The highest BCUT2D eigenvalue weighted by Gasteiger charge is 2.15. The van der Waals surface area contributed by atoms with E-state index in [1.54, 1.807) is 31.4 Å². The highest BCUT2D eigenvalue weighted by molar-refractivity contribution is 6.35.